The van der Waals surface area contributed by atoms with Crippen molar-refractivity contribution in [3.8, 4) is 5.75 Å². The topological polar surface area (TPSA) is 80.3 Å². The fourth-order valence-electron chi connectivity index (χ4n) is 2.10. The van der Waals surface area contributed by atoms with Gasteiger partial charge >= 0.3 is 0 Å². The van der Waals surface area contributed by atoms with Gasteiger partial charge in [-0.1, -0.05) is 18.2 Å². The van der Waals surface area contributed by atoms with Gasteiger partial charge in [0.25, 0.3) is 18.2 Å². The molecule has 0 bridgehead atoms. The fourth-order valence-corrected chi connectivity index (χ4v) is 2.22. The van der Waals surface area contributed by atoms with Gasteiger partial charge in [-0.3, -0.25) is 14.6 Å². The van der Waals surface area contributed by atoms with Crippen LogP contribution in [0.4, 0.5) is 13.2 Å². The van der Waals surface area contributed by atoms with E-state index in [4.69, 9.17) is 16.3 Å². The zero-order valence-electron chi connectivity index (χ0n) is 15.1. The van der Waals surface area contributed by atoms with Crippen LogP contribution in [0.2, 0.25) is 5.02 Å². The second kappa shape index (κ2) is 10.5. The number of pyridine rings is 1. The maximum Gasteiger partial charge on any atom is 0.269 e. The predicted octanol–water partition coefficient (Wildman–Crippen LogP) is 3.64. The van der Waals surface area contributed by atoms with Crippen molar-refractivity contribution in [2.75, 3.05) is 13.2 Å². The van der Waals surface area contributed by atoms with E-state index in [1.165, 1.54) is 18.2 Å². The third-order valence-electron chi connectivity index (χ3n) is 3.56. The molecule has 2 amide bonds. The highest BCUT2D eigenvalue weighted by Gasteiger charge is 2.11. The Morgan fingerprint density at radius 3 is 2.62 bits per heavy atom. The summed E-state index contributed by atoms with van der Waals surface area (Å²) in [6.45, 7) is 3.43. The Hall–Kier alpha value is -3.07. The molecule has 2 aromatic rings. The van der Waals surface area contributed by atoms with Gasteiger partial charge in [0.2, 0.25) is 0 Å². The van der Waals surface area contributed by atoms with Crippen LogP contribution >= 0.6 is 11.6 Å². The summed E-state index contributed by atoms with van der Waals surface area (Å²) in [5.41, 5.74) is 0.0380. The number of aromatic nitrogens is 1. The molecule has 0 aliphatic rings. The number of carbonyl (C=O) groups excluding carboxylic acids is 2. The van der Waals surface area contributed by atoms with Crippen molar-refractivity contribution in [2.45, 2.75) is 12.8 Å². The molecular weight excluding hydrogens is 411 g/mol. The summed E-state index contributed by atoms with van der Waals surface area (Å²) in [6.07, 6.45) is -1.50. The lowest BCUT2D eigenvalue weighted by molar-refractivity contribution is -0.122. The van der Waals surface area contributed by atoms with Crippen LogP contribution in [-0.2, 0) is 4.79 Å². The highest BCUT2D eigenvalue weighted by atomic mass is 35.5. The van der Waals surface area contributed by atoms with E-state index in [0.717, 1.165) is 18.3 Å². The standard InChI is InChI=1S/C19H17ClF3N3O3/c1-11(26-17(27)10-29-13-3-4-14(20)15(21)8-13)6-7-24-19(28)16-5-2-12(9-25-16)18(22)23/h2-5,8-9,18H,1,6-7,10H2,(H,24,28)(H,26,27). The number of rotatable bonds is 9. The Kier molecular flexibility index (Phi) is 8.02. The molecule has 10 heteroatoms. The SMILES string of the molecule is C=C(CCNC(=O)c1ccc(C(F)F)cn1)NC(=O)COc1ccc(Cl)c(F)c1. The van der Waals surface area contributed by atoms with Crippen LogP contribution in [0.25, 0.3) is 0 Å². The highest BCUT2D eigenvalue weighted by molar-refractivity contribution is 6.30. The van der Waals surface area contributed by atoms with Gasteiger partial charge in [0.15, 0.2) is 6.61 Å². The van der Waals surface area contributed by atoms with E-state index < -0.39 is 24.1 Å². The summed E-state index contributed by atoms with van der Waals surface area (Å²) in [4.78, 5) is 27.4. The number of amides is 2. The smallest absolute Gasteiger partial charge is 0.269 e. The number of carbonyl (C=O) groups is 2. The van der Waals surface area contributed by atoms with Gasteiger partial charge in [0, 0.05) is 36.5 Å². The van der Waals surface area contributed by atoms with Crippen molar-refractivity contribution in [2.24, 2.45) is 0 Å². The summed E-state index contributed by atoms with van der Waals surface area (Å²) in [5, 5.41) is 4.96. The van der Waals surface area contributed by atoms with Crippen molar-refractivity contribution in [3.05, 3.63) is 70.9 Å². The molecular formula is C19H17ClF3N3O3. The number of nitrogens with zero attached hydrogens (tertiary/aromatic N) is 1. The minimum absolute atomic E-state index is 0.00681. The second-order valence-electron chi connectivity index (χ2n) is 5.80. The molecule has 0 saturated heterocycles. The van der Waals surface area contributed by atoms with Gasteiger partial charge in [-0.25, -0.2) is 13.2 Å². The van der Waals surface area contributed by atoms with E-state index in [9.17, 15) is 22.8 Å². The Balaban J connectivity index is 1.69. The van der Waals surface area contributed by atoms with Crippen molar-refractivity contribution in [1.82, 2.24) is 15.6 Å². The Morgan fingerprint density at radius 2 is 2.00 bits per heavy atom. The van der Waals surface area contributed by atoms with Gasteiger partial charge in [0.05, 0.1) is 5.02 Å². The molecule has 0 atom stereocenters. The van der Waals surface area contributed by atoms with E-state index in [1.807, 2.05) is 0 Å². The van der Waals surface area contributed by atoms with Crippen molar-refractivity contribution in [3.63, 3.8) is 0 Å². The first-order valence-corrected chi connectivity index (χ1v) is 8.72. The third-order valence-corrected chi connectivity index (χ3v) is 3.87. The third kappa shape index (κ3) is 7.11. The van der Waals surface area contributed by atoms with Crippen LogP contribution in [0, 0.1) is 5.82 Å². The van der Waals surface area contributed by atoms with Crippen LogP contribution in [0.1, 0.15) is 28.9 Å². The predicted molar refractivity (Wildman–Crippen MR) is 100 cm³/mol. The number of benzene rings is 1. The van der Waals surface area contributed by atoms with Crippen LogP contribution in [0.15, 0.2) is 48.8 Å². The van der Waals surface area contributed by atoms with Crippen molar-refractivity contribution < 1.29 is 27.5 Å². The summed E-state index contributed by atoms with van der Waals surface area (Å²) in [5.74, 6) is -1.58. The average molecular weight is 428 g/mol. The number of alkyl halides is 2. The molecule has 2 rings (SSSR count). The molecule has 0 fully saturated rings. The van der Waals surface area contributed by atoms with Crippen LogP contribution in [0.3, 0.4) is 0 Å². The molecule has 0 unspecified atom stereocenters. The molecule has 0 spiro atoms. The minimum atomic E-state index is -2.66. The number of ether oxygens (including phenoxy) is 1. The molecule has 0 aliphatic heterocycles. The lowest BCUT2D eigenvalue weighted by atomic mass is 10.2. The van der Waals surface area contributed by atoms with Gasteiger partial charge in [0.1, 0.15) is 17.3 Å². The summed E-state index contributed by atoms with van der Waals surface area (Å²) in [7, 11) is 0. The Labute approximate surface area is 169 Å². The molecule has 6 nitrogen and oxygen atoms in total. The van der Waals surface area contributed by atoms with Gasteiger partial charge in [-0.05, 0) is 24.3 Å². The van der Waals surface area contributed by atoms with E-state index in [1.54, 1.807) is 0 Å². The van der Waals surface area contributed by atoms with Crippen LogP contribution < -0.4 is 15.4 Å². The second-order valence-corrected chi connectivity index (χ2v) is 6.21. The fraction of sp³-hybridized carbons (Fsp3) is 0.211. The number of nitrogens with one attached hydrogen (secondary N) is 2. The Bertz CT molecular complexity index is 892. The van der Waals surface area contributed by atoms with Crippen molar-refractivity contribution in [1.29, 1.82) is 0 Å². The van der Waals surface area contributed by atoms with E-state index >= 15 is 0 Å². The molecule has 0 saturated carbocycles. The normalized spacial score (nSPS) is 10.5. The minimum Gasteiger partial charge on any atom is -0.484 e. The Morgan fingerprint density at radius 1 is 1.24 bits per heavy atom. The monoisotopic (exact) mass is 427 g/mol. The average Bonchev–Trinajstić information content (AvgIpc) is 2.68. The zero-order valence-corrected chi connectivity index (χ0v) is 15.8. The zero-order chi connectivity index (χ0) is 21.4. The van der Waals surface area contributed by atoms with Crippen LogP contribution in [0.5, 0.6) is 5.75 Å². The first-order valence-electron chi connectivity index (χ1n) is 8.34. The first kappa shape index (κ1) is 22.2. The lowest BCUT2D eigenvalue weighted by Crippen LogP contribution is -2.31. The molecule has 2 N–H and O–H groups in total. The quantitative estimate of drug-likeness (QED) is 0.640. The molecule has 0 radical (unpaired) electrons. The maximum atomic E-state index is 13.3. The molecule has 154 valence electrons. The highest BCUT2D eigenvalue weighted by Crippen LogP contribution is 2.20. The van der Waals surface area contributed by atoms with Gasteiger partial charge in [-0.2, -0.15) is 0 Å². The number of hydrogen-bond acceptors (Lipinski definition) is 4. The largest absolute Gasteiger partial charge is 0.484 e. The first-order chi connectivity index (χ1) is 13.8. The lowest BCUT2D eigenvalue weighted by Gasteiger charge is -2.10. The molecule has 1 heterocycles. The van der Waals surface area contributed by atoms with E-state index in [0.29, 0.717) is 5.70 Å². The molecule has 1 aromatic carbocycles. The summed E-state index contributed by atoms with van der Waals surface area (Å²) in [6, 6.07) is 6.11. The summed E-state index contributed by atoms with van der Waals surface area (Å²) >= 11 is 5.56. The molecule has 1 aromatic heterocycles. The van der Waals surface area contributed by atoms with Gasteiger partial charge in [-0.15, -0.1) is 0 Å². The summed E-state index contributed by atoms with van der Waals surface area (Å²) < 4.78 is 43.4. The number of halogens is 4. The number of hydrogen-bond donors (Lipinski definition) is 2. The molecule has 29 heavy (non-hydrogen) atoms. The molecule has 0 aliphatic carbocycles. The van der Waals surface area contributed by atoms with Crippen molar-refractivity contribution >= 4 is 23.4 Å². The van der Waals surface area contributed by atoms with E-state index in [-0.39, 0.29) is 41.6 Å². The van der Waals surface area contributed by atoms with Crippen LogP contribution in [-0.4, -0.2) is 29.9 Å². The van der Waals surface area contributed by atoms with E-state index in [2.05, 4.69) is 22.2 Å². The maximum absolute atomic E-state index is 13.3. The van der Waals surface area contributed by atoms with Gasteiger partial charge < -0.3 is 15.4 Å².